The van der Waals surface area contributed by atoms with Crippen molar-refractivity contribution in [2.75, 3.05) is 6.61 Å². The normalized spacial score (nSPS) is 19.6. The van der Waals surface area contributed by atoms with Crippen LogP contribution >= 0.6 is 0 Å². The van der Waals surface area contributed by atoms with Crippen molar-refractivity contribution >= 4 is 18.0 Å². The van der Waals surface area contributed by atoms with Gasteiger partial charge in [0.2, 0.25) is 5.91 Å². The van der Waals surface area contributed by atoms with Crippen LogP contribution in [0.25, 0.3) is 11.1 Å². The number of hydrogen-bond donors (Lipinski definition) is 3. The first-order valence-corrected chi connectivity index (χ1v) is 11.9. The number of carbonyl (C=O) groups excluding carboxylic acids is 2. The highest BCUT2D eigenvalue weighted by atomic mass is 16.5. The predicted octanol–water partition coefficient (Wildman–Crippen LogP) is 4.45. The van der Waals surface area contributed by atoms with E-state index in [2.05, 4.69) is 34.9 Å². The third kappa shape index (κ3) is 5.24. The van der Waals surface area contributed by atoms with Gasteiger partial charge in [-0.25, -0.2) is 4.79 Å². The second-order valence-corrected chi connectivity index (χ2v) is 9.91. The average Bonchev–Trinajstić information content (AvgIpc) is 3.10. The Morgan fingerprint density at radius 2 is 1.56 bits per heavy atom. The maximum absolute atomic E-state index is 12.9. The largest absolute Gasteiger partial charge is 0.481 e. The van der Waals surface area contributed by atoms with Crippen molar-refractivity contribution in [2.45, 2.75) is 63.5 Å². The lowest BCUT2D eigenvalue weighted by atomic mass is 9.83. The Bertz CT molecular complexity index is 1030. The fraction of sp³-hybridized carbons (Fsp3) is 0.444. The number of amides is 2. The first kappa shape index (κ1) is 23.8. The second-order valence-electron chi connectivity index (χ2n) is 9.91. The van der Waals surface area contributed by atoms with Crippen LogP contribution in [0, 0.1) is 5.92 Å². The Hall–Kier alpha value is -3.35. The van der Waals surface area contributed by atoms with Crippen molar-refractivity contribution in [2.24, 2.45) is 5.92 Å². The molecule has 2 amide bonds. The van der Waals surface area contributed by atoms with E-state index >= 15 is 0 Å². The molecule has 2 aliphatic rings. The number of ether oxygens (including phenoxy) is 1. The van der Waals surface area contributed by atoms with Crippen LogP contribution in [0.1, 0.15) is 63.0 Å². The zero-order valence-corrected chi connectivity index (χ0v) is 19.7. The molecular weight excluding hydrogens is 432 g/mol. The minimum absolute atomic E-state index is 0.0274. The molecule has 0 unspecified atom stereocenters. The van der Waals surface area contributed by atoms with E-state index in [9.17, 15) is 14.4 Å². The SMILES string of the molecule is CC(C)(CC(=O)O)NC(=O)[C@H]1CCCC[C@H]1NC(=O)OCC1c2ccccc2-c2ccccc21. The van der Waals surface area contributed by atoms with Gasteiger partial charge in [-0.15, -0.1) is 0 Å². The monoisotopic (exact) mass is 464 g/mol. The van der Waals surface area contributed by atoms with E-state index in [0.717, 1.165) is 24.0 Å². The lowest BCUT2D eigenvalue weighted by Crippen LogP contribution is -2.53. The molecule has 180 valence electrons. The minimum atomic E-state index is -0.970. The lowest BCUT2D eigenvalue weighted by Gasteiger charge is -2.34. The number of fused-ring (bicyclic) bond motifs is 3. The molecule has 0 aliphatic heterocycles. The summed E-state index contributed by atoms with van der Waals surface area (Å²) in [4.78, 5) is 36.8. The van der Waals surface area contributed by atoms with Crippen LogP contribution in [0.3, 0.4) is 0 Å². The van der Waals surface area contributed by atoms with E-state index in [0.29, 0.717) is 12.8 Å². The molecular formula is C27H32N2O5. The van der Waals surface area contributed by atoms with Crippen LogP contribution in [0.15, 0.2) is 48.5 Å². The minimum Gasteiger partial charge on any atom is -0.481 e. The number of carboxylic acids is 1. The van der Waals surface area contributed by atoms with Crippen molar-refractivity contribution in [1.29, 1.82) is 0 Å². The van der Waals surface area contributed by atoms with Gasteiger partial charge in [-0.2, -0.15) is 0 Å². The van der Waals surface area contributed by atoms with Crippen molar-refractivity contribution in [3.05, 3.63) is 59.7 Å². The van der Waals surface area contributed by atoms with Gasteiger partial charge >= 0.3 is 12.1 Å². The Morgan fingerprint density at radius 3 is 2.18 bits per heavy atom. The molecule has 0 heterocycles. The summed E-state index contributed by atoms with van der Waals surface area (Å²) in [6.07, 6.45) is 2.43. The fourth-order valence-electron chi connectivity index (χ4n) is 5.26. The van der Waals surface area contributed by atoms with Gasteiger partial charge in [0.25, 0.3) is 0 Å². The number of carbonyl (C=O) groups is 3. The number of hydrogen-bond acceptors (Lipinski definition) is 4. The molecule has 7 heteroatoms. The molecule has 0 spiro atoms. The van der Waals surface area contributed by atoms with Gasteiger partial charge in [-0.1, -0.05) is 61.4 Å². The van der Waals surface area contributed by atoms with E-state index in [4.69, 9.17) is 9.84 Å². The maximum atomic E-state index is 12.9. The van der Waals surface area contributed by atoms with Crippen LogP contribution in [0.2, 0.25) is 0 Å². The van der Waals surface area contributed by atoms with Gasteiger partial charge in [0, 0.05) is 17.5 Å². The highest BCUT2D eigenvalue weighted by Crippen LogP contribution is 2.44. The van der Waals surface area contributed by atoms with Gasteiger partial charge < -0.3 is 20.5 Å². The smallest absolute Gasteiger partial charge is 0.407 e. The zero-order valence-electron chi connectivity index (χ0n) is 19.7. The van der Waals surface area contributed by atoms with Gasteiger partial charge in [-0.05, 0) is 48.9 Å². The molecule has 1 fully saturated rings. The van der Waals surface area contributed by atoms with E-state index in [-0.39, 0.29) is 30.9 Å². The summed E-state index contributed by atoms with van der Waals surface area (Å²) in [6.45, 7) is 3.60. The fourth-order valence-corrected chi connectivity index (χ4v) is 5.26. The Kier molecular flexibility index (Phi) is 6.91. The molecule has 2 aromatic carbocycles. The zero-order chi connectivity index (χ0) is 24.3. The second kappa shape index (κ2) is 9.87. The van der Waals surface area contributed by atoms with E-state index in [1.807, 2.05) is 24.3 Å². The van der Waals surface area contributed by atoms with Crippen molar-refractivity contribution in [3.8, 4) is 11.1 Å². The van der Waals surface area contributed by atoms with Gasteiger partial charge in [0.1, 0.15) is 6.61 Å². The third-order valence-corrected chi connectivity index (χ3v) is 6.80. The molecule has 2 aromatic rings. The Morgan fingerprint density at radius 1 is 0.971 bits per heavy atom. The molecule has 7 nitrogen and oxygen atoms in total. The lowest BCUT2D eigenvalue weighted by molar-refractivity contribution is -0.139. The van der Waals surface area contributed by atoms with Gasteiger partial charge in [0.05, 0.1) is 12.3 Å². The van der Waals surface area contributed by atoms with Crippen LogP contribution < -0.4 is 10.6 Å². The van der Waals surface area contributed by atoms with E-state index < -0.39 is 23.5 Å². The summed E-state index contributed by atoms with van der Waals surface area (Å²) in [5, 5.41) is 14.8. The Balaban J connectivity index is 1.38. The molecule has 34 heavy (non-hydrogen) atoms. The first-order chi connectivity index (χ1) is 16.2. The van der Waals surface area contributed by atoms with Crippen LogP contribution in [-0.2, 0) is 14.3 Å². The number of rotatable bonds is 7. The highest BCUT2D eigenvalue weighted by molar-refractivity contribution is 5.82. The number of benzene rings is 2. The highest BCUT2D eigenvalue weighted by Gasteiger charge is 2.36. The summed E-state index contributed by atoms with van der Waals surface area (Å²) in [5.41, 5.74) is 3.76. The van der Waals surface area contributed by atoms with Gasteiger partial charge in [0.15, 0.2) is 0 Å². The average molecular weight is 465 g/mol. The summed E-state index contributed by atoms with van der Waals surface area (Å²) in [7, 11) is 0. The predicted molar refractivity (Wildman–Crippen MR) is 128 cm³/mol. The standard InChI is InChI=1S/C27H32N2O5/c1-27(2,15-24(30)31)29-25(32)21-13-7-8-14-23(21)28-26(33)34-16-22-19-11-5-3-9-17(19)18-10-4-6-12-20(18)22/h3-6,9-12,21-23H,7-8,13-16H2,1-2H3,(H,28,33)(H,29,32)(H,30,31)/t21-,23+/m0/s1. The van der Waals surface area contributed by atoms with Crippen LogP contribution in [0.4, 0.5) is 4.79 Å². The van der Waals surface area contributed by atoms with E-state index in [1.54, 1.807) is 13.8 Å². The molecule has 3 N–H and O–H groups in total. The number of alkyl carbamates (subject to hydrolysis) is 1. The summed E-state index contributed by atoms with van der Waals surface area (Å²) < 4.78 is 5.66. The van der Waals surface area contributed by atoms with E-state index in [1.165, 1.54) is 11.1 Å². The molecule has 0 radical (unpaired) electrons. The molecule has 0 bridgehead atoms. The molecule has 0 saturated heterocycles. The summed E-state index contributed by atoms with van der Waals surface area (Å²) in [5.74, 6) is -1.64. The van der Waals surface area contributed by atoms with Crippen LogP contribution in [0.5, 0.6) is 0 Å². The molecule has 1 saturated carbocycles. The molecule has 2 aliphatic carbocycles. The Labute approximate surface area is 199 Å². The number of aliphatic carboxylic acids is 1. The maximum Gasteiger partial charge on any atom is 0.407 e. The summed E-state index contributed by atoms with van der Waals surface area (Å²) >= 11 is 0. The van der Waals surface area contributed by atoms with Crippen LogP contribution in [-0.4, -0.2) is 41.3 Å². The third-order valence-electron chi connectivity index (χ3n) is 6.80. The molecule has 0 aromatic heterocycles. The molecule has 2 atom stereocenters. The molecule has 4 rings (SSSR count). The summed E-state index contributed by atoms with van der Waals surface area (Å²) in [6, 6.07) is 16.0. The first-order valence-electron chi connectivity index (χ1n) is 11.9. The van der Waals surface area contributed by atoms with Gasteiger partial charge in [-0.3, -0.25) is 9.59 Å². The van der Waals surface area contributed by atoms with Crippen molar-refractivity contribution in [1.82, 2.24) is 10.6 Å². The topological polar surface area (TPSA) is 105 Å². The number of nitrogens with one attached hydrogen (secondary N) is 2. The quantitative estimate of drug-likeness (QED) is 0.561. The van der Waals surface area contributed by atoms with Crippen molar-refractivity contribution < 1.29 is 24.2 Å². The van der Waals surface area contributed by atoms with Crippen molar-refractivity contribution in [3.63, 3.8) is 0 Å². The number of carboxylic acid groups (broad SMARTS) is 1.